The third-order valence-corrected chi connectivity index (χ3v) is 2.38. The highest BCUT2D eigenvalue weighted by molar-refractivity contribution is 5.68. The van der Waals surface area contributed by atoms with E-state index in [0.717, 1.165) is 6.54 Å². The van der Waals surface area contributed by atoms with Crippen molar-refractivity contribution in [2.45, 2.75) is 5.92 Å². The average Bonchev–Trinajstić information content (AvgIpc) is 2.67. The standard InChI is InChI=1S/C11H10N2/c12-6-10-7-13-8-11(10)9-4-2-1-3-5-9/h1-5,7,10-11H,8H2. The van der Waals surface area contributed by atoms with Gasteiger partial charge in [0.2, 0.25) is 0 Å². The van der Waals surface area contributed by atoms with Crippen molar-refractivity contribution in [3.63, 3.8) is 0 Å². The van der Waals surface area contributed by atoms with Crippen LogP contribution in [0.5, 0.6) is 0 Å². The van der Waals surface area contributed by atoms with E-state index >= 15 is 0 Å². The Balaban J connectivity index is 2.25. The minimum Gasteiger partial charge on any atom is -0.295 e. The van der Waals surface area contributed by atoms with Crippen LogP contribution in [0.3, 0.4) is 0 Å². The summed E-state index contributed by atoms with van der Waals surface area (Å²) in [5, 5.41) is 8.86. The molecular weight excluding hydrogens is 160 g/mol. The Kier molecular flexibility index (Phi) is 2.09. The summed E-state index contributed by atoms with van der Waals surface area (Å²) in [4.78, 5) is 4.15. The van der Waals surface area contributed by atoms with Crippen molar-refractivity contribution in [2.24, 2.45) is 10.9 Å². The number of hydrogen-bond donors (Lipinski definition) is 0. The van der Waals surface area contributed by atoms with Crippen LogP contribution in [-0.4, -0.2) is 12.8 Å². The van der Waals surface area contributed by atoms with E-state index in [2.05, 4.69) is 23.2 Å². The van der Waals surface area contributed by atoms with Gasteiger partial charge in [-0.1, -0.05) is 30.3 Å². The number of hydrogen-bond acceptors (Lipinski definition) is 2. The molecule has 0 saturated carbocycles. The van der Waals surface area contributed by atoms with E-state index in [4.69, 9.17) is 5.26 Å². The summed E-state index contributed by atoms with van der Waals surface area (Å²) < 4.78 is 0. The van der Waals surface area contributed by atoms with E-state index < -0.39 is 0 Å². The first-order valence-electron chi connectivity index (χ1n) is 4.36. The molecule has 0 aromatic heterocycles. The van der Waals surface area contributed by atoms with Gasteiger partial charge in [-0.3, -0.25) is 4.99 Å². The molecule has 0 aliphatic carbocycles. The molecule has 1 aliphatic rings. The first kappa shape index (κ1) is 8.00. The maximum Gasteiger partial charge on any atom is 0.0897 e. The second kappa shape index (κ2) is 3.40. The first-order valence-corrected chi connectivity index (χ1v) is 4.36. The van der Waals surface area contributed by atoms with E-state index in [1.165, 1.54) is 5.56 Å². The van der Waals surface area contributed by atoms with Crippen LogP contribution in [-0.2, 0) is 0 Å². The molecule has 13 heavy (non-hydrogen) atoms. The maximum atomic E-state index is 8.86. The van der Waals surface area contributed by atoms with Gasteiger partial charge in [-0.2, -0.15) is 5.26 Å². The normalized spacial score (nSPS) is 25.8. The molecule has 2 nitrogen and oxygen atoms in total. The van der Waals surface area contributed by atoms with Gasteiger partial charge in [0.1, 0.15) is 0 Å². The zero-order valence-electron chi connectivity index (χ0n) is 7.22. The quantitative estimate of drug-likeness (QED) is 0.635. The molecule has 0 radical (unpaired) electrons. The van der Waals surface area contributed by atoms with Gasteiger partial charge < -0.3 is 0 Å². The summed E-state index contributed by atoms with van der Waals surface area (Å²) in [7, 11) is 0. The molecule has 2 heteroatoms. The number of benzene rings is 1. The zero-order chi connectivity index (χ0) is 9.10. The van der Waals surface area contributed by atoms with Crippen LogP contribution in [0.2, 0.25) is 0 Å². The van der Waals surface area contributed by atoms with E-state index in [0.29, 0.717) is 0 Å². The van der Waals surface area contributed by atoms with Crippen LogP contribution in [0.25, 0.3) is 0 Å². The van der Waals surface area contributed by atoms with Gasteiger partial charge >= 0.3 is 0 Å². The van der Waals surface area contributed by atoms with Gasteiger partial charge in [0, 0.05) is 18.7 Å². The molecule has 1 heterocycles. The fraction of sp³-hybridized carbons (Fsp3) is 0.273. The Bertz CT molecular complexity index is 348. The molecule has 2 unspecified atom stereocenters. The summed E-state index contributed by atoms with van der Waals surface area (Å²) in [6.07, 6.45) is 1.76. The smallest absolute Gasteiger partial charge is 0.0897 e. The minimum absolute atomic E-state index is 0.0394. The summed E-state index contributed by atoms with van der Waals surface area (Å²) >= 11 is 0. The van der Waals surface area contributed by atoms with Crippen LogP contribution >= 0.6 is 0 Å². The monoisotopic (exact) mass is 170 g/mol. The van der Waals surface area contributed by atoms with Crippen LogP contribution in [0.15, 0.2) is 35.3 Å². The van der Waals surface area contributed by atoms with Crippen molar-refractivity contribution in [2.75, 3.05) is 6.54 Å². The highest BCUT2D eigenvalue weighted by Gasteiger charge is 2.24. The van der Waals surface area contributed by atoms with Gasteiger partial charge in [0.25, 0.3) is 0 Å². The molecule has 0 spiro atoms. The van der Waals surface area contributed by atoms with Gasteiger partial charge in [-0.05, 0) is 5.56 Å². The third-order valence-electron chi connectivity index (χ3n) is 2.38. The zero-order valence-corrected chi connectivity index (χ0v) is 7.22. The Labute approximate surface area is 77.5 Å². The second-order valence-corrected chi connectivity index (χ2v) is 3.19. The van der Waals surface area contributed by atoms with E-state index in [1.54, 1.807) is 6.21 Å². The van der Waals surface area contributed by atoms with Gasteiger partial charge in [-0.25, -0.2) is 0 Å². The van der Waals surface area contributed by atoms with Crippen molar-refractivity contribution in [3.8, 4) is 6.07 Å². The summed E-state index contributed by atoms with van der Waals surface area (Å²) in [5.74, 6) is 0.230. The number of rotatable bonds is 1. The maximum absolute atomic E-state index is 8.86. The van der Waals surface area contributed by atoms with Crippen LogP contribution in [0, 0.1) is 17.2 Å². The van der Waals surface area contributed by atoms with Crippen molar-refractivity contribution < 1.29 is 0 Å². The van der Waals surface area contributed by atoms with Crippen molar-refractivity contribution >= 4 is 6.21 Å². The lowest BCUT2D eigenvalue weighted by atomic mass is 9.90. The second-order valence-electron chi connectivity index (χ2n) is 3.19. The van der Waals surface area contributed by atoms with E-state index in [-0.39, 0.29) is 11.8 Å². The predicted octanol–water partition coefficient (Wildman–Crippen LogP) is 1.99. The predicted molar refractivity (Wildman–Crippen MR) is 51.6 cm³/mol. The highest BCUT2D eigenvalue weighted by atomic mass is 14.8. The van der Waals surface area contributed by atoms with Gasteiger partial charge in [-0.15, -0.1) is 0 Å². The summed E-state index contributed by atoms with van der Waals surface area (Å²) in [6.45, 7) is 0.752. The summed E-state index contributed by atoms with van der Waals surface area (Å²) in [6, 6.07) is 12.4. The summed E-state index contributed by atoms with van der Waals surface area (Å²) in [5.41, 5.74) is 1.21. The highest BCUT2D eigenvalue weighted by Crippen LogP contribution is 2.27. The van der Waals surface area contributed by atoms with Gasteiger partial charge in [0.05, 0.1) is 12.0 Å². The third kappa shape index (κ3) is 1.46. The SMILES string of the molecule is N#CC1C=NCC1c1ccccc1. The average molecular weight is 170 g/mol. The molecule has 1 aromatic rings. The van der Waals surface area contributed by atoms with Crippen LogP contribution < -0.4 is 0 Å². The Morgan fingerprint density at radius 3 is 2.77 bits per heavy atom. The van der Waals surface area contributed by atoms with Crippen LogP contribution in [0.4, 0.5) is 0 Å². The first-order chi connectivity index (χ1) is 6.42. The molecule has 1 aromatic carbocycles. The molecule has 0 amide bonds. The molecule has 0 bridgehead atoms. The fourth-order valence-electron chi connectivity index (χ4n) is 1.64. The molecule has 2 rings (SSSR count). The fourth-order valence-corrected chi connectivity index (χ4v) is 1.64. The minimum atomic E-state index is -0.0394. The lowest BCUT2D eigenvalue weighted by Crippen LogP contribution is -2.08. The van der Waals surface area contributed by atoms with Crippen LogP contribution in [0.1, 0.15) is 11.5 Å². The molecule has 0 saturated heterocycles. The molecule has 0 fully saturated rings. The molecular formula is C11H10N2. The Hall–Kier alpha value is -1.62. The molecule has 1 aliphatic heterocycles. The lowest BCUT2D eigenvalue weighted by Gasteiger charge is -2.11. The van der Waals surface area contributed by atoms with E-state index in [1.807, 2.05) is 18.2 Å². The lowest BCUT2D eigenvalue weighted by molar-refractivity contribution is 0.690. The molecule has 2 atom stereocenters. The van der Waals surface area contributed by atoms with E-state index in [9.17, 15) is 0 Å². The van der Waals surface area contributed by atoms with Gasteiger partial charge in [0.15, 0.2) is 0 Å². The number of nitrogens with zero attached hydrogens (tertiary/aromatic N) is 2. The Morgan fingerprint density at radius 2 is 2.08 bits per heavy atom. The van der Waals surface area contributed by atoms with Crippen molar-refractivity contribution in [1.29, 1.82) is 5.26 Å². The Morgan fingerprint density at radius 1 is 1.31 bits per heavy atom. The molecule has 0 N–H and O–H groups in total. The number of nitriles is 1. The number of aliphatic imine (C=N–C) groups is 1. The largest absolute Gasteiger partial charge is 0.295 e. The van der Waals surface area contributed by atoms with Crippen molar-refractivity contribution in [3.05, 3.63) is 35.9 Å². The topological polar surface area (TPSA) is 36.1 Å². The molecule has 64 valence electrons. The van der Waals surface area contributed by atoms with Crippen molar-refractivity contribution in [1.82, 2.24) is 0 Å².